The van der Waals surface area contributed by atoms with Gasteiger partial charge in [0.05, 0.1) is 5.75 Å². The van der Waals surface area contributed by atoms with E-state index < -0.39 is 22.5 Å². The Morgan fingerprint density at radius 1 is 1.25 bits per heavy atom. The van der Waals surface area contributed by atoms with Crippen molar-refractivity contribution in [1.82, 2.24) is 5.32 Å². The molecule has 0 unspecified atom stereocenters. The normalized spacial score (nSPS) is 10.9. The standard InChI is InChI=1S/C13H14ClNO4S/c1-13(2,12(18)19)20-7-10(16)15-11(17)8-3-5-9(14)6-4-8/h3-6H,7H2,1-2H3,(H,18,19)(H,15,16,17). The Balaban J connectivity index is 2.52. The number of imide groups is 1. The van der Waals surface area contributed by atoms with Crippen LogP contribution in [0.3, 0.4) is 0 Å². The van der Waals surface area contributed by atoms with Gasteiger partial charge in [0, 0.05) is 10.6 Å². The van der Waals surface area contributed by atoms with Crippen molar-refractivity contribution in [3.8, 4) is 0 Å². The molecule has 0 aliphatic rings. The molecule has 0 spiro atoms. The number of carboxylic acid groups (broad SMARTS) is 1. The smallest absolute Gasteiger partial charge is 0.319 e. The van der Waals surface area contributed by atoms with Crippen LogP contribution >= 0.6 is 23.4 Å². The molecule has 0 bridgehead atoms. The number of carbonyl (C=O) groups is 3. The summed E-state index contributed by atoms with van der Waals surface area (Å²) in [4.78, 5) is 34.2. The lowest BCUT2D eigenvalue weighted by molar-refractivity contribution is -0.138. The summed E-state index contributed by atoms with van der Waals surface area (Å²) in [6.07, 6.45) is 0. The summed E-state index contributed by atoms with van der Waals surface area (Å²) in [6, 6.07) is 6.09. The average Bonchev–Trinajstić information content (AvgIpc) is 2.37. The number of rotatable bonds is 5. The number of hydrogen-bond donors (Lipinski definition) is 2. The average molecular weight is 316 g/mol. The third kappa shape index (κ3) is 4.86. The van der Waals surface area contributed by atoms with E-state index in [4.69, 9.17) is 16.7 Å². The number of benzene rings is 1. The fourth-order valence-electron chi connectivity index (χ4n) is 1.14. The highest BCUT2D eigenvalue weighted by Gasteiger charge is 2.28. The predicted molar refractivity (Wildman–Crippen MR) is 78.1 cm³/mol. The highest BCUT2D eigenvalue weighted by Crippen LogP contribution is 2.24. The van der Waals surface area contributed by atoms with Gasteiger partial charge in [0.1, 0.15) is 4.75 Å². The van der Waals surface area contributed by atoms with Crippen LogP contribution in [0.1, 0.15) is 24.2 Å². The van der Waals surface area contributed by atoms with Crippen molar-refractivity contribution in [3.63, 3.8) is 0 Å². The number of thioether (sulfide) groups is 1. The van der Waals surface area contributed by atoms with Crippen LogP contribution in [0.25, 0.3) is 0 Å². The molecule has 0 aromatic heterocycles. The van der Waals surface area contributed by atoms with Gasteiger partial charge in [-0.3, -0.25) is 19.7 Å². The number of amides is 2. The summed E-state index contributed by atoms with van der Waals surface area (Å²) in [7, 11) is 0. The minimum absolute atomic E-state index is 0.112. The van der Waals surface area contributed by atoms with Crippen LogP contribution in [0.2, 0.25) is 5.02 Å². The summed E-state index contributed by atoms with van der Waals surface area (Å²) >= 11 is 6.64. The molecule has 0 heterocycles. The lowest BCUT2D eigenvalue weighted by atomic mass is 10.2. The van der Waals surface area contributed by atoms with Crippen molar-refractivity contribution in [2.45, 2.75) is 18.6 Å². The van der Waals surface area contributed by atoms with E-state index in [0.29, 0.717) is 10.6 Å². The zero-order chi connectivity index (χ0) is 15.3. The van der Waals surface area contributed by atoms with Crippen molar-refractivity contribution in [3.05, 3.63) is 34.9 Å². The van der Waals surface area contributed by atoms with E-state index in [9.17, 15) is 14.4 Å². The van der Waals surface area contributed by atoms with E-state index in [2.05, 4.69) is 5.32 Å². The highest BCUT2D eigenvalue weighted by molar-refractivity contribution is 8.01. The second-order valence-electron chi connectivity index (χ2n) is 4.49. The van der Waals surface area contributed by atoms with Crippen LogP contribution < -0.4 is 5.32 Å². The largest absolute Gasteiger partial charge is 0.480 e. The van der Waals surface area contributed by atoms with Gasteiger partial charge in [-0.05, 0) is 38.1 Å². The fraction of sp³-hybridized carbons (Fsp3) is 0.308. The third-order valence-corrected chi connectivity index (χ3v) is 3.99. The molecule has 0 aliphatic carbocycles. The molecule has 1 rings (SSSR count). The van der Waals surface area contributed by atoms with Crippen LogP contribution in [0.4, 0.5) is 0 Å². The molecule has 0 saturated carbocycles. The molecule has 0 atom stereocenters. The van der Waals surface area contributed by atoms with Gasteiger partial charge in [-0.25, -0.2) is 0 Å². The Morgan fingerprint density at radius 2 is 1.80 bits per heavy atom. The number of carbonyl (C=O) groups excluding carboxylic acids is 2. The van der Waals surface area contributed by atoms with Crippen LogP contribution in [-0.2, 0) is 9.59 Å². The Kier molecular flexibility index (Phi) is 5.59. The van der Waals surface area contributed by atoms with Crippen molar-refractivity contribution in [2.75, 3.05) is 5.75 Å². The minimum atomic E-state index is -1.08. The maximum absolute atomic E-state index is 11.7. The van der Waals surface area contributed by atoms with Gasteiger partial charge in [-0.1, -0.05) is 11.6 Å². The van der Waals surface area contributed by atoms with E-state index >= 15 is 0 Å². The lowest BCUT2D eigenvalue weighted by Gasteiger charge is -2.17. The molecule has 1 aromatic rings. The van der Waals surface area contributed by atoms with Gasteiger partial charge < -0.3 is 5.11 Å². The van der Waals surface area contributed by atoms with Crippen LogP contribution in [0.15, 0.2) is 24.3 Å². The second kappa shape index (κ2) is 6.76. The molecule has 0 aliphatic heterocycles. The SMILES string of the molecule is CC(C)(SCC(=O)NC(=O)c1ccc(Cl)cc1)C(=O)O. The number of nitrogens with one attached hydrogen (secondary N) is 1. The van der Waals surface area contributed by atoms with Crippen molar-refractivity contribution in [2.24, 2.45) is 0 Å². The summed E-state index contributed by atoms with van der Waals surface area (Å²) < 4.78 is -1.08. The van der Waals surface area contributed by atoms with Gasteiger partial charge in [-0.15, -0.1) is 11.8 Å². The maximum atomic E-state index is 11.7. The van der Waals surface area contributed by atoms with E-state index in [1.165, 1.54) is 26.0 Å². The topological polar surface area (TPSA) is 83.5 Å². The molecular formula is C13H14ClNO4S. The Labute approximate surface area is 125 Å². The quantitative estimate of drug-likeness (QED) is 0.870. The zero-order valence-corrected chi connectivity index (χ0v) is 12.5. The molecule has 0 fully saturated rings. The molecule has 20 heavy (non-hydrogen) atoms. The maximum Gasteiger partial charge on any atom is 0.319 e. The number of aliphatic carboxylic acids is 1. The monoisotopic (exact) mass is 315 g/mol. The Hall–Kier alpha value is -1.53. The molecule has 1 aromatic carbocycles. The first-order valence-corrected chi connectivity index (χ1v) is 7.06. The molecule has 0 saturated heterocycles. The van der Waals surface area contributed by atoms with Crippen molar-refractivity contribution >= 4 is 41.1 Å². The van der Waals surface area contributed by atoms with Gasteiger partial charge in [-0.2, -0.15) is 0 Å². The fourth-order valence-corrected chi connectivity index (χ4v) is 1.96. The Bertz CT molecular complexity index is 528. The van der Waals surface area contributed by atoms with Crippen LogP contribution in [0, 0.1) is 0 Å². The van der Waals surface area contributed by atoms with E-state index in [1.54, 1.807) is 12.1 Å². The zero-order valence-electron chi connectivity index (χ0n) is 11.0. The van der Waals surface area contributed by atoms with Crippen LogP contribution in [0.5, 0.6) is 0 Å². The molecule has 2 N–H and O–H groups in total. The predicted octanol–water partition coefficient (Wildman–Crippen LogP) is 2.19. The molecule has 5 nitrogen and oxygen atoms in total. The van der Waals surface area contributed by atoms with E-state index in [-0.39, 0.29) is 5.75 Å². The minimum Gasteiger partial charge on any atom is -0.480 e. The first-order chi connectivity index (χ1) is 9.22. The number of carboxylic acids is 1. The molecule has 7 heteroatoms. The molecule has 0 radical (unpaired) electrons. The van der Waals surface area contributed by atoms with Crippen molar-refractivity contribution in [1.29, 1.82) is 0 Å². The second-order valence-corrected chi connectivity index (χ2v) is 6.52. The van der Waals surface area contributed by atoms with Crippen molar-refractivity contribution < 1.29 is 19.5 Å². The number of hydrogen-bond acceptors (Lipinski definition) is 4. The van der Waals surface area contributed by atoms with Gasteiger partial charge in [0.2, 0.25) is 5.91 Å². The summed E-state index contributed by atoms with van der Waals surface area (Å²) in [6.45, 7) is 2.99. The van der Waals surface area contributed by atoms with E-state index in [0.717, 1.165) is 11.8 Å². The summed E-state index contributed by atoms with van der Waals surface area (Å²) in [5, 5.41) is 11.6. The highest BCUT2D eigenvalue weighted by atomic mass is 35.5. The Morgan fingerprint density at radius 3 is 2.30 bits per heavy atom. The first-order valence-electron chi connectivity index (χ1n) is 5.69. The van der Waals surface area contributed by atoms with Gasteiger partial charge in [0.25, 0.3) is 5.91 Å². The first kappa shape index (κ1) is 16.5. The van der Waals surface area contributed by atoms with Crippen LogP contribution in [-0.4, -0.2) is 33.4 Å². The molecular weight excluding hydrogens is 302 g/mol. The van der Waals surface area contributed by atoms with Gasteiger partial charge in [0.15, 0.2) is 0 Å². The molecule has 2 amide bonds. The lowest BCUT2D eigenvalue weighted by Crippen LogP contribution is -2.35. The number of halogens is 1. The molecule has 108 valence electrons. The van der Waals surface area contributed by atoms with Gasteiger partial charge >= 0.3 is 5.97 Å². The van der Waals surface area contributed by atoms with E-state index in [1.807, 2.05) is 0 Å². The summed E-state index contributed by atoms with van der Waals surface area (Å²) in [5.74, 6) is -2.21. The summed E-state index contributed by atoms with van der Waals surface area (Å²) in [5.41, 5.74) is 0.310. The third-order valence-electron chi connectivity index (χ3n) is 2.44.